The van der Waals surface area contributed by atoms with E-state index in [1.165, 1.54) is 13.2 Å². The first kappa shape index (κ1) is 8.83. The fraction of sp³-hybridized carbons (Fsp3) is 0.200. The van der Waals surface area contributed by atoms with Crippen LogP contribution in [0.2, 0.25) is 0 Å². The van der Waals surface area contributed by atoms with Crippen molar-refractivity contribution in [1.29, 1.82) is 0 Å². The Labute approximate surface area is 73.0 Å². The summed E-state index contributed by atoms with van der Waals surface area (Å²) in [5.74, 6) is 0. The predicted octanol–water partition coefficient (Wildman–Crippen LogP) is 1.68. The molecule has 1 rings (SSSR count). The molecule has 6 heteroatoms. The van der Waals surface area contributed by atoms with Crippen molar-refractivity contribution in [2.45, 2.75) is 4.21 Å². The molecule has 11 heavy (non-hydrogen) atoms. The molecule has 0 aliphatic rings. The van der Waals surface area contributed by atoms with Crippen LogP contribution in [0.1, 0.15) is 0 Å². The van der Waals surface area contributed by atoms with Gasteiger partial charge >= 0.3 is 0 Å². The first-order valence-electron chi connectivity index (χ1n) is 2.62. The van der Waals surface area contributed by atoms with Crippen LogP contribution in [0.15, 0.2) is 16.3 Å². The van der Waals surface area contributed by atoms with Gasteiger partial charge in [0.15, 0.2) is 5.06 Å². The first-order chi connectivity index (χ1) is 5.04. The Bertz CT molecular complexity index is 340. The number of rotatable bonds is 2. The normalized spacial score (nSPS) is 11.5. The summed E-state index contributed by atoms with van der Waals surface area (Å²) in [4.78, 5) is 0. The average Bonchev–Trinajstić information content (AvgIpc) is 2.32. The van der Waals surface area contributed by atoms with Gasteiger partial charge in [0.2, 0.25) is 0 Å². The Balaban J connectivity index is 3.09. The Kier molecular flexibility index (Phi) is 2.41. The molecule has 62 valence electrons. The number of ether oxygens (including phenoxy) is 1. The summed E-state index contributed by atoms with van der Waals surface area (Å²) >= 11 is 0.998. The highest BCUT2D eigenvalue weighted by Gasteiger charge is 2.12. The van der Waals surface area contributed by atoms with E-state index in [1.807, 2.05) is 0 Å². The summed E-state index contributed by atoms with van der Waals surface area (Å²) in [5, 5.41) is 0.532. The first-order valence-corrected chi connectivity index (χ1v) is 5.75. The molecule has 0 amide bonds. The van der Waals surface area contributed by atoms with Crippen LogP contribution in [-0.2, 0) is 9.05 Å². The molecule has 1 aromatic rings. The maximum atomic E-state index is 10.7. The average molecular weight is 213 g/mol. The molecule has 0 atom stereocenters. The lowest BCUT2D eigenvalue weighted by atomic mass is 10.6. The van der Waals surface area contributed by atoms with Crippen molar-refractivity contribution in [2.24, 2.45) is 0 Å². The van der Waals surface area contributed by atoms with Gasteiger partial charge in [0, 0.05) is 10.7 Å². The highest BCUT2D eigenvalue weighted by molar-refractivity contribution is 8.15. The van der Waals surface area contributed by atoms with Crippen LogP contribution in [0.25, 0.3) is 0 Å². The third-order valence-corrected chi connectivity index (χ3v) is 4.14. The summed E-state index contributed by atoms with van der Waals surface area (Å²) in [7, 11) is 2.94. The van der Waals surface area contributed by atoms with Crippen molar-refractivity contribution in [3.8, 4) is 5.06 Å². The number of hydrogen-bond donors (Lipinski definition) is 0. The van der Waals surface area contributed by atoms with E-state index in [4.69, 9.17) is 15.4 Å². The van der Waals surface area contributed by atoms with E-state index in [0.717, 1.165) is 11.3 Å². The van der Waals surface area contributed by atoms with Crippen molar-refractivity contribution in [3.05, 3.63) is 12.1 Å². The summed E-state index contributed by atoms with van der Waals surface area (Å²) < 4.78 is 26.3. The standard InChI is InChI=1S/C5H5ClO3S2/c1-9-4-2-3-5(10-4)11(6,7)8/h2-3H,1H3. The molecule has 0 saturated heterocycles. The topological polar surface area (TPSA) is 43.4 Å². The summed E-state index contributed by atoms with van der Waals surface area (Å²) in [6.45, 7) is 0. The van der Waals surface area contributed by atoms with Crippen LogP contribution in [0, 0.1) is 0 Å². The zero-order valence-electron chi connectivity index (χ0n) is 5.57. The van der Waals surface area contributed by atoms with Gasteiger partial charge in [-0.25, -0.2) is 8.42 Å². The fourth-order valence-electron chi connectivity index (χ4n) is 0.544. The fourth-order valence-corrected chi connectivity index (χ4v) is 2.41. The zero-order chi connectivity index (χ0) is 8.48. The maximum absolute atomic E-state index is 10.7. The monoisotopic (exact) mass is 212 g/mol. The maximum Gasteiger partial charge on any atom is 0.270 e. The van der Waals surface area contributed by atoms with Crippen LogP contribution in [0.3, 0.4) is 0 Å². The van der Waals surface area contributed by atoms with E-state index < -0.39 is 9.05 Å². The number of halogens is 1. The molecule has 0 N–H and O–H groups in total. The van der Waals surface area contributed by atoms with Crippen molar-refractivity contribution < 1.29 is 13.2 Å². The zero-order valence-corrected chi connectivity index (χ0v) is 7.96. The van der Waals surface area contributed by atoms with Crippen molar-refractivity contribution >= 4 is 31.1 Å². The molecule has 1 aromatic heterocycles. The Hall–Kier alpha value is -0.260. The van der Waals surface area contributed by atoms with E-state index in [2.05, 4.69) is 0 Å². The molecule has 1 heterocycles. The minimum Gasteiger partial charge on any atom is -0.487 e. The van der Waals surface area contributed by atoms with Gasteiger partial charge in [-0.05, 0) is 12.1 Å². The Morgan fingerprint density at radius 3 is 2.45 bits per heavy atom. The lowest BCUT2D eigenvalue weighted by Crippen LogP contribution is -1.83. The van der Waals surface area contributed by atoms with Gasteiger partial charge in [0.05, 0.1) is 7.11 Å². The van der Waals surface area contributed by atoms with E-state index in [1.54, 1.807) is 6.07 Å². The molecule has 0 unspecified atom stereocenters. The molecule has 0 aliphatic carbocycles. The third-order valence-electron chi connectivity index (χ3n) is 0.998. The van der Waals surface area contributed by atoms with Gasteiger partial charge in [-0.1, -0.05) is 11.3 Å². The van der Waals surface area contributed by atoms with Gasteiger partial charge in [0.25, 0.3) is 9.05 Å². The largest absolute Gasteiger partial charge is 0.487 e. The summed E-state index contributed by atoms with van der Waals surface area (Å²) in [5.41, 5.74) is 0. The van der Waals surface area contributed by atoms with E-state index in [0.29, 0.717) is 5.06 Å². The lowest BCUT2D eigenvalue weighted by Gasteiger charge is -1.89. The van der Waals surface area contributed by atoms with Gasteiger partial charge in [-0.15, -0.1) is 0 Å². The SMILES string of the molecule is COc1ccc(S(=O)(=O)Cl)s1. The van der Waals surface area contributed by atoms with Gasteiger partial charge in [0.1, 0.15) is 4.21 Å². The summed E-state index contributed by atoms with van der Waals surface area (Å²) in [6, 6.07) is 2.96. The van der Waals surface area contributed by atoms with E-state index in [9.17, 15) is 8.42 Å². The quantitative estimate of drug-likeness (QED) is 0.701. The smallest absolute Gasteiger partial charge is 0.270 e. The number of methoxy groups -OCH3 is 1. The predicted molar refractivity (Wildman–Crippen MR) is 43.9 cm³/mol. The number of thiophene rings is 1. The minimum absolute atomic E-state index is 0.107. The molecular weight excluding hydrogens is 208 g/mol. The summed E-state index contributed by atoms with van der Waals surface area (Å²) in [6.07, 6.45) is 0. The van der Waals surface area contributed by atoms with Gasteiger partial charge < -0.3 is 4.74 Å². The van der Waals surface area contributed by atoms with E-state index >= 15 is 0 Å². The van der Waals surface area contributed by atoms with Crippen LogP contribution < -0.4 is 4.74 Å². The lowest BCUT2D eigenvalue weighted by molar-refractivity contribution is 0.427. The number of hydrogen-bond acceptors (Lipinski definition) is 4. The second kappa shape index (κ2) is 3.00. The van der Waals surface area contributed by atoms with Crippen LogP contribution in [0.5, 0.6) is 5.06 Å². The van der Waals surface area contributed by atoms with Crippen LogP contribution >= 0.6 is 22.0 Å². The van der Waals surface area contributed by atoms with E-state index in [-0.39, 0.29) is 4.21 Å². The molecule has 0 aromatic carbocycles. The molecule has 0 fully saturated rings. The molecule has 0 bridgehead atoms. The molecule has 0 spiro atoms. The Morgan fingerprint density at radius 2 is 2.18 bits per heavy atom. The van der Waals surface area contributed by atoms with Gasteiger partial charge in [-0.3, -0.25) is 0 Å². The highest BCUT2D eigenvalue weighted by atomic mass is 35.7. The van der Waals surface area contributed by atoms with Crippen molar-refractivity contribution in [2.75, 3.05) is 7.11 Å². The molecule has 0 radical (unpaired) electrons. The second-order valence-corrected chi connectivity index (χ2v) is 5.55. The molecule has 0 aliphatic heterocycles. The van der Waals surface area contributed by atoms with Crippen molar-refractivity contribution in [1.82, 2.24) is 0 Å². The third kappa shape index (κ3) is 2.08. The van der Waals surface area contributed by atoms with Gasteiger partial charge in [-0.2, -0.15) is 0 Å². The second-order valence-electron chi connectivity index (χ2n) is 1.72. The molecule has 3 nitrogen and oxygen atoms in total. The molecular formula is C5H5ClO3S2. The Morgan fingerprint density at radius 1 is 1.55 bits per heavy atom. The highest BCUT2D eigenvalue weighted by Crippen LogP contribution is 2.29. The van der Waals surface area contributed by atoms with Crippen LogP contribution in [0.4, 0.5) is 0 Å². The van der Waals surface area contributed by atoms with Crippen molar-refractivity contribution in [3.63, 3.8) is 0 Å². The minimum atomic E-state index is -3.58. The van der Waals surface area contributed by atoms with Crippen LogP contribution in [-0.4, -0.2) is 15.5 Å². The molecule has 0 saturated carbocycles.